The van der Waals surface area contributed by atoms with E-state index in [-0.39, 0.29) is 12.3 Å². The molecule has 130 valence electrons. The van der Waals surface area contributed by atoms with Gasteiger partial charge in [-0.3, -0.25) is 9.59 Å². The van der Waals surface area contributed by atoms with Crippen LogP contribution in [0.2, 0.25) is 0 Å². The van der Waals surface area contributed by atoms with Crippen LogP contribution in [0.4, 0.5) is 5.69 Å². The Morgan fingerprint density at radius 3 is 2.64 bits per heavy atom. The lowest BCUT2D eigenvalue weighted by atomic mass is 9.96. The molecule has 1 heterocycles. The maximum Gasteiger partial charge on any atom is 0.303 e. The van der Waals surface area contributed by atoms with Crippen molar-refractivity contribution in [3.63, 3.8) is 0 Å². The van der Waals surface area contributed by atoms with Crippen molar-refractivity contribution in [2.24, 2.45) is 0 Å². The molecule has 1 atom stereocenters. The number of carboxylic acid groups (broad SMARTS) is 1. The van der Waals surface area contributed by atoms with Crippen LogP contribution in [0.5, 0.6) is 0 Å². The molecule has 0 spiro atoms. The molecule has 0 saturated carbocycles. The number of hydrogen-bond donors (Lipinski definition) is 2. The minimum atomic E-state index is -0.815. The summed E-state index contributed by atoms with van der Waals surface area (Å²) in [6.45, 7) is 1.48. The van der Waals surface area contributed by atoms with Crippen LogP contribution in [-0.2, 0) is 16.0 Å². The molecular weight excluding hydrogens is 318 g/mol. The van der Waals surface area contributed by atoms with Gasteiger partial charge in [0.15, 0.2) is 0 Å². The van der Waals surface area contributed by atoms with Gasteiger partial charge in [0, 0.05) is 30.2 Å². The van der Waals surface area contributed by atoms with E-state index in [1.807, 2.05) is 30.3 Å². The summed E-state index contributed by atoms with van der Waals surface area (Å²) < 4.78 is 5.42. The number of benzene rings is 2. The average Bonchev–Trinajstić information content (AvgIpc) is 3.16. The highest BCUT2D eigenvalue weighted by atomic mass is 16.5. The highest BCUT2D eigenvalue weighted by Gasteiger charge is 2.18. The van der Waals surface area contributed by atoms with Gasteiger partial charge in [0.1, 0.15) is 0 Å². The Bertz CT molecular complexity index is 749. The Balaban J connectivity index is 1.63. The number of carboxylic acids is 1. The molecule has 0 aliphatic carbocycles. The summed E-state index contributed by atoms with van der Waals surface area (Å²) in [5, 5.41) is 11.6. The third-order valence-electron chi connectivity index (χ3n) is 4.39. The number of rotatable bonds is 6. The van der Waals surface area contributed by atoms with Crippen molar-refractivity contribution in [3.05, 3.63) is 65.2 Å². The molecule has 5 nitrogen and oxygen atoms in total. The summed E-state index contributed by atoms with van der Waals surface area (Å²) in [5.74, 6) is -0.606. The van der Waals surface area contributed by atoms with Crippen molar-refractivity contribution in [2.45, 2.75) is 25.2 Å². The molecule has 0 aromatic heterocycles. The lowest BCUT2D eigenvalue weighted by molar-refractivity contribution is -0.136. The van der Waals surface area contributed by atoms with Gasteiger partial charge < -0.3 is 15.2 Å². The fraction of sp³-hybridized carbons (Fsp3) is 0.300. The van der Waals surface area contributed by atoms with Crippen LogP contribution < -0.4 is 5.32 Å². The molecular formula is C20H21NO4. The molecule has 1 amide bonds. The van der Waals surface area contributed by atoms with E-state index in [9.17, 15) is 9.59 Å². The number of nitrogens with one attached hydrogen (secondary N) is 1. The van der Waals surface area contributed by atoms with Crippen molar-refractivity contribution in [1.82, 2.24) is 0 Å². The highest BCUT2D eigenvalue weighted by Crippen LogP contribution is 2.26. The van der Waals surface area contributed by atoms with Crippen LogP contribution in [0, 0.1) is 0 Å². The molecule has 5 heteroatoms. The quantitative estimate of drug-likeness (QED) is 0.845. The fourth-order valence-corrected chi connectivity index (χ4v) is 2.94. The van der Waals surface area contributed by atoms with E-state index in [4.69, 9.17) is 9.84 Å². The molecule has 2 N–H and O–H groups in total. The Hall–Kier alpha value is -2.66. The number of ether oxygens (including phenoxy) is 1. The van der Waals surface area contributed by atoms with Crippen LogP contribution in [0.3, 0.4) is 0 Å². The molecule has 0 bridgehead atoms. The molecule has 3 rings (SSSR count). The summed E-state index contributed by atoms with van der Waals surface area (Å²) in [6, 6.07) is 14.9. The Morgan fingerprint density at radius 2 is 1.96 bits per heavy atom. The van der Waals surface area contributed by atoms with Gasteiger partial charge in [-0.2, -0.15) is 0 Å². The molecule has 2 aromatic rings. The Kier molecular flexibility index (Phi) is 5.46. The predicted molar refractivity (Wildman–Crippen MR) is 95.0 cm³/mol. The third kappa shape index (κ3) is 4.67. The van der Waals surface area contributed by atoms with Crippen molar-refractivity contribution in [3.8, 4) is 0 Å². The number of amides is 1. The molecule has 1 fully saturated rings. The normalized spacial score (nSPS) is 16.6. The van der Waals surface area contributed by atoms with Gasteiger partial charge in [0.05, 0.1) is 6.61 Å². The number of hydrogen-bond acceptors (Lipinski definition) is 3. The molecule has 1 saturated heterocycles. The summed E-state index contributed by atoms with van der Waals surface area (Å²) in [7, 11) is 0. The molecule has 1 aliphatic heterocycles. The second-order valence-corrected chi connectivity index (χ2v) is 6.23. The monoisotopic (exact) mass is 339 g/mol. The lowest BCUT2D eigenvalue weighted by Crippen LogP contribution is -2.12. The van der Waals surface area contributed by atoms with Crippen molar-refractivity contribution in [2.75, 3.05) is 18.5 Å². The minimum absolute atomic E-state index is 0.101. The largest absolute Gasteiger partial charge is 0.481 e. The zero-order valence-corrected chi connectivity index (χ0v) is 13.9. The van der Waals surface area contributed by atoms with Gasteiger partial charge in [-0.15, -0.1) is 0 Å². The molecule has 1 unspecified atom stereocenters. The van der Waals surface area contributed by atoms with Gasteiger partial charge in [0.25, 0.3) is 5.91 Å². The lowest BCUT2D eigenvalue weighted by Gasteiger charge is -2.11. The number of aryl methyl sites for hydroxylation is 1. The van der Waals surface area contributed by atoms with Crippen LogP contribution in [0.1, 0.15) is 40.2 Å². The molecule has 25 heavy (non-hydrogen) atoms. The summed E-state index contributed by atoms with van der Waals surface area (Å²) in [5.41, 5.74) is 3.39. The van der Waals surface area contributed by atoms with E-state index >= 15 is 0 Å². The summed E-state index contributed by atoms with van der Waals surface area (Å²) >= 11 is 0. The first-order valence-electron chi connectivity index (χ1n) is 8.41. The topological polar surface area (TPSA) is 75.6 Å². The van der Waals surface area contributed by atoms with Crippen LogP contribution in [0.25, 0.3) is 0 Å². The maximum absolute atomic E-state index is 12.5. The van der Waals surface area contributed by atoms with E-state index in [0.717, 1.165) is 24.2 Å². The standard InChI is InChI=1S/C20H21NO4/c22-19(23)9-6-14-4-7-18(8-5-14)21-20(24)16-3-1-2-15(12-16)17-10-11-25-13-17/h1-5,7-8,12,17H,6,9-11,13H2,(H,21,24)(H,22,23). The van der Waals surface area contributed by atoms with Gasteiger partial charge >= 0.3 is 5.97 Å². The maximum atomic E-state index is 12.5. The minimum Gasteiger partial charge on any atom is -0.481 e. The summed E-state index contributed by atoms with van der Waals surface area (Å²) in [4.78, 5) is 23.1. The zero-order chi connectivity index (χ0) is 17.6. The second kappa shape index (κ2) is 7.94. The third-order valence-corrected chi connectivity index (χ3v) is 4.39. The first-order valence-corrected chi connectivity index (χ1v) is 8.41. The number of carbonyl (C=O) groups excluding carboxylic acids is 1. The average molecular weight is 339 g/mol. The van der Waals surface area contributed by atoms with Crippen LogP contribution in [0.15, 0.2) is 48.5 Å². The smallest absolute Gasteiger partial charge is 0.303 e. The fourth-order valence-electron chi connectivity index (χ4n) is 2.94. The number of aliphatic carboxylic acids is 1. The molecule has 2 aromatic carbocycles. The van der Waals surface area contributed by atoms with Gasteiger partial charge in [-0.05, 0) is 48.2 Å². The van der Waals surface area contributed by atoms with E-state index in [0.29, 0.717) is 30.2 Å². The predicted octanol–water partition coefficient (Wildman–Crippen LogP) is 3.46. The van der Waals surface area contributed by atoms with Gasteiger partial charge in [-0.1, -0.05) is 24.3 Å². The second-order valence-electron chi connectivity index (χ2n) is 6.23. The van der Waals surface area contributed by atoms with Crippen molar-refractivity contribution in [1.29, 1.82) is 0 Å². The molecule has 0 radical (unpaired) electrons. The van der Waals surface area contributed by atoms with Crippen LogP contribution >= 0.6 is 0 Å². The van der Waals surface area contributed by atoms with Crippen LogP contribution in [-0.4, -0.2) is 30.2 Å². The van der Waals surface area contributed by atoms with E-state index in [2.05, 4.69) is 5.32 Å². The molecule has 1 aliphatic rings. The van der Waals surface area contributed by atoms with Crippen molar-refractivity contribution < 1.29 is 19.4 Å². The first-order chi connectivity index (χ1) is 12.1. The Labute approximate surface area is 146 Å². The number of anilines is 1. The van der Waals surface area contributed by atoms with Crippen molar-refractivity contribution >= 4 is 17.6 Å². The van der Waals surface area contributed by atoms with Gasteiger partial charge in [-0.25, -0.2) is 0 Å². The van der Waals surface area contributed by atoms with E-state index in [1.54, 1.807) is 18.2 Å². The highest BCUT2D eigenvalue weighted by molar-refractivity contribution is 6.04. The van der Waals surface area contributed by atoms with E-state index < -0.39 is 5.97 Å². The zero-order valence-electron chi connectivity index (χ0n) is 13.9. The summed E-state index contributed by atoms with van der Waals surface area (Å²) in [6.07, 6.45) is 1.57. The number of carbonyl (C=O) groups is 2. The van der Waals surface area contributed by atoms with E-state index in [1.165, 1.54) is 0 Å². The Morgan fingerprint density at radius 1 is 1.16 bits per heavy atom. The first kappa shape index (κ1) is 17.2. The SMILES string of the molecule is O=C(O)CCc1ccc(NC(=O)c2cccc(C3CCOC3)c2)cc1. The van der Waals surface area contributed by atoms with Gasteiger partial charge in [0.2, 0.25) is 0 Å².